The average molecular weight is 409 g/mol. The first kappa shape index (κ1) is 23.9. The third kappa shape index (κ3) is 13.0. The van der Waals surface area contributed by atoms with E-state index in [9.17, 15) is 0 Å². The van der Waals surface area contributed by atoms with E-state index in [0.29, 0.717) is 0 Å². The molecule has 0 atom stereocenters. The Hall–Kier alpha value is -2.38. The smallest absolute Gasteiger partial charge is 0.0514 e. The van der Waals surface area contributed by atoms with E-state index in [1.54, 1.807) is 0 Å². The summed E-state index contributed by atoms with van der Waals surface area (Å²) in [6.07, 6.45) is 3.86. The van der Waals surface area contributed by atoms with Crippen molar-refractivity contribution in [2.45, 2.75) is 0 Å². The molecule has 0 bridgehead atoms. The van der Waals surface area contributed by atoms with Gasteiger partial charge < -0.3 is 21.3 Å². The fraction of sp³-hybridized carbons (Fsp3) is 0.417. The molecule has 0 aliphatic heterocycles. The van der Waals surface area contributed by atoms with Gasteiger partial charge in [-0.15, -0.1) is 0 Å². The standard InChI is InChI=1S/C24H36N6/c1-3-7-23(8-4-1)21-29-19-17-27-15-13-25-11-12-26-14-16-28-18-20-30-22-24-9-5-2-6-10-24/h1-10,21-22,25-28H,11-20H2. The monoisotopic (exact) mass is 408 g/mol. The number of hydrogen-bond acceptors (Lipinski definition) is 6. The van der Waals surface area contributed by atoms with Crippen LogP contribution in [0.25, 0.3) is 0 Å². The highest BCUT2D eigenvalue weighted by atomic mass is 15.0. The van der Waals surface area contributed by atoms with Crippen molar-refractivity contribution in [3.8, 4) is 0 Å². The molecule has 162 valence electrons. The van der Waals surface area contributed by atoms with Crippen LogP contribution in [-0.4, -0.2) is 77.9 Å². The number of aliphatic imine (C=N–C) groups is 2. The van der Waals surface area contributed by atoms with Crippen molar-refractivity contribution >= 4 is 12.4 Å². The maximum Gasteiger partial charge on any atom is 0.0514 e. The Labute approximate surface area is 181 Å². The molecule has 4 N–H and O–H groups in total. The SMILES string of the molecule is C(=NCCNCCNCCNCCNCCN=Cc1ccccc1)c1ccccc1. The van der Waals surface area contributed by atoms with Gasteiger partial charge in [0, 0.05) is 64.8 Å². The summed E-state index contributed by atoms with van der Waals surface area (Å²) in [7, 11) is 0. The summed E-state index contributed by atoms with van der Waals surface area (Å²) in [6.45, 7) is 9.27. The van der Waals surface area contributed by atoms with Crippen LogP contribution in [0, 0.1) is 0 Å². The molecule has 6 heteroatoms. The van der Waals surface area contributed by atoms with Gasteiger partial charge >= 0.3 is 0 Å². The van der Waals surface area contributed by atoms with Gasteiger partial charge in [-0.2, -0.15) is 0 Å². The summed E-state index contributed by atoms with van der Waals surface area (Å²) in [5.41, 5.74) is 2.30. The fourth-order valence-electron chi connectivity index (χ4n) is 2.74. The van der Waals surface area contributed by atoms with Crippen molar-refractivity contribution in [3.63, 3.8) is 0 Å². The van der Waals surface area contributed by atoms with E-state index in [2.05, 4.69) is 55.5 Å². The van der Waals surface area contributed by atoms with Crippen LogP contribution in [0.15, 0.2) is 70.6 Å². The molecule has 0 aliphatic rings. The summed E-state index contributed by atoms with van der Waals surface area (Å²) >= 11 is 0. The highest BCUT2D eigenvalue weighted by molar-refractivity contribution is 5.79. The lowest BCUT2D eigenvalue weighted by Gasteiger charge is -2.08. The molecule has 0 spiro atoms. The molecule has 6 nitrogen and oxygen atoms in total. The van der Waals surface area contributed by atoms with Crippen molar-refractivity contribution in [2.75, 3.05) is 65.4 Å². The second kappa shape index (κ2) is 17.5. The minimum atomic E-state index is 0.807. The molecule has 0 amide bonds. The van der Waals surface area contributed by atoms with Gasteiger partial charge in [-0.25, -0.2) is 0 Å². The number of nitrogens with one attached hydrogen (secondary N) is 4. The molecular weight excluding hydrogens is 372 g/mol. The highest BCUT2D eigenvalue weighted by Gasteiger charge is 1.91. The Balaban J connectivity index is 1.27. The van der Waals surface area contributed by atoms with Gasteiger partial charge in [-0.05, 0) is 11.1 Å². The van der Waals surface area contributed by atoms with Crippen LogP contribution < -0.4 is 21.3 Å². The summed E-state index contributed by atoms with van der Waals surface area (Å²) in [6, 6.07) is 20.4. The van der Waals surface area contributed by atoms with Crippen molar-refractivity contribution in [1.29, 1.82) is 0 Å². The third-order valence-corrected chi connectivity index (χ3v) is 4.35. The summed E-state index contributed by atoms with van der Waals surface area (Å²) in [5, 5.41) is 13.7. The maximum absolute atomic E-state index is 4.42. The highest BCUT2D eigenvalue weighted by Crippen LogP contribution is 1.94. The van der Waals surface area contributed by atoms with Gasteiger partial charge in [0.25, 0.3) is 0 Å². The van der Waals surface area contributed by atoms with Crippen LogP contribution in [-0.2, 0) is 0 Å². The van der Waals surface area contributed by atoms with E-state index in [1.807, 2.05) is 48.8 Å². The summed E-state index contributed by atoms with van der Waals surface area (Å²) in [4.78, 5) is 8.85. The molecule has 2 rings (SSSR count). The lowest BCUT2D eigenvalue weighted by atomic mass is 10.2. The molecule has 2 aromatic rings. The van der Waals surface area contributed by atoms with Gasteiger partial charge in [-0.3, -0.25) is 9.98 Å². The molecule has 2 aromatic carbocycles. The Morgan fingerprint density at radius 1 is 0.467 bits per heavy atom. The first-order chi connectivity index (χ1) is 14.9. The van der Waals surface area contributed by atoms with Gasteiger partial charge in [0.1, 0.15) is 0 Å². The average Bonchev–Trinajstić information content (AvgIpc) is 2.79. The van der Waals surface area contributed by atoms with Gasteiger partial charge in [-0.1, -0.05) is 60.7 Å². The zero-order chi connectivity index (χ0) is 21.0. The van der Waals surface area contributed by atoms with Gasteiger partial charge in [0.2, 0.25) is 0 Å². The molecule has 0 saturated carbocycles. The number of hydrogen-bond donors (Lipinski definition) is 4. The molecule has 0 heterocycles. The summed E-state index contributed by atoms with van der Waals surface area (Å²) < 4.78 is 0. The molecule has 0 aliphatic carbocycles. The Morgan fingerprint density at radius 3 is 1.17 bits per heavy atom. The Kier molecular flexibility index (Phi) is 13.9. The van der Waals surface area contributed by atoms with E-state index in [0.717, 1.165) is 76.6 Å². The minimum Gasteiger partial charge on any atom is -0.314 e. The normalized spacial score (nSPS) is 11.6. The quantitative estimate of drug-likeness (QED) is 0.237. The van der Waals surface area contributed by atoms with E-state index in [4.69, 9.17) is 0 Å². The van der Waals surface area contributed by atoms with Crippen molar-refractivity contribution in [2.24, 2.45) is 9.98 Å². The molecular formula is C24H36N6. The summed E-state index contributed by atoms with van der Waals surface area (Å²) in [5.74, 6) is 0. The van der Waals surface area contributed by atoms with Crippen molar-refractivity contribution < 1.29 is 0 Å². The zero-order valence-corrected chi connectivity index (χ0v) is 17.9. The van der Waals surface area contributed by atoms with Crippen molar-refractivity contribution in [3.05, 3.63) is 71.8 Å². The lowest BCUT2D eigenvalue weighted by Crippen LogP contribution is -2.35. The Bertz CT molecular complexity index is 626. The fourth-order valence-corrected chi connectivity index (χ4v) is 2.74. The molecule has 0 saturated heterocycles. The molecule has 30 heavy (non-hydrogen) atoms. The Morgan fingerprint density at radius 2 is 0.800 bits per heavy atom. The molecule has 0 radical (unpaired) electrons. The van der Waals surface area contributed by atoms with Crippen LogP contribution >= 0.6 is 0 Å². The van der Waals surface area contributed by atoms with Crippen LogP contribution in [0.1, 0.15) is 11.1 Å². The maximum atomic E-state index is 4.42. The molecule has 0 unspecified atom stereocenters. The van der Waals surface area contributed by atoms with Gasteiger partial charge in [0.15, 0.2) is 0 Å². The lowest BCUT2D eigenvalue weighted by molar-refractivity contribution is 0.569. The van der Waals surface area contributed by atoms with Crippen molar-refractivity contribution in [1.82, 2.24) is 21.3 Å². The van der Waals surface area contributed by atoms with E-state index >= 15 is 0 Å². The first-order valence-corrected chi connectivity index (χ1v) is 10.9. The van der Waals surface area contributed by atoms with Crippen LogP contribution in [0.3, 0.4) is 0 Å². The molecule has 0 fully saturated rings. The third-order valence-electron chi connectivity index (χ3n) is 4.35. The predicted octanol–water partition coefficient (Wildman–Crippen LogP) is 1.58. The predicted molar refractivity (Wildman–Crippen MR) is 129 cm³/mol. The van der Waals surface area contributed by atoms with E-state index < -0.39 is 0 Å². The first-order valence-electron chi connectivity index (χ1n) is 10.9. The minimum absolute atomic E-state index is 0.807. The van der Waals surface area contributed by atoms with Gasteiger partial charge in [0.05, 0.1) is 13.1 Å². The second-order valence-corrected chi connectivity index (χ2v) is 6.89. The van der Waals surface area contributed by atoms with Crippen LogP contribution in [0.4, 0.5) is 0 Å². The topological polar surface area (TPSA) is 72.8 Å². The zero-order valence-electron chi connectivity index (χ0n) is 17.9. The van der Waals surface area contributed by atoms with E-state index in [-0.39, 0.29) is 0 Å². The van der Waals surface area contributed by atoms with Crippen LogP contribution in [0.5, 0.6) is 0 Å². The van der Waals surface area contributed by atoms with Crippen LogP contribution in [0.2, 0.25) is 0 Å². The number of nitrogens with zero attached hydrogens (tertiary/aromatic N) is 2. The second-order valence-electron chi connectivity index (χ2n) is 6.89. The largest absolute Gasteiger partial charge is 0.314 e. The van der Waals surface area contributed by atoms with E-state index in [1.165, 1.54) is 0 Å². The molecule has 0 aromatic heterocycles. The number of benzene rings is 2. The number of rotatable bonds is 17.